The van der Waals surface area contributed by atoms with E-state index in [4.69, 9.17) is 4.74 Å². The molecule has 0 amide bonds. The Labute approximate surface area is 92.8 Å². The van der Waals surface area contributed by atoms with Crippen LogP contribution < -0.4 is 0 Å². The molecule has 0 aliphatic rings. The maximum absolute atomic E-state index is 4.97. The van der Waals surface area contributed by atoms with E-state index in [9.17, 15) is 0 Å². The lowest BCUT2D eigenvalue weighted by Gasteiger charge is -2.00. The average molecular weight is 262 g/mol. The Kier molecular flexibility index (Phi) is 5.11. The Bertz CT molecular complexity index is 264. The molecule has 1 aromatic heterocycles. The summed E-state index contributed by atoms with van der Waals surface area (Å²) in [5, 5.41) is 8.13. The van der Waals surface area contributed by atoms with Crippen LogP contribution in [0.15, 0.2) is 6.20 Å². The van der Waals surface area contributed by atoms with Gasteiger partial charge < -0.3 is 4.74 Å². The fourth-order valence-electron chi connectivity index (χ4n) is 1.15. The Morgan fingerprint density at radius 3 is 3.07 bits per heavy atom. The fourth-order valence-corrected chi connectivity index (χ4v) is 1.36. The summed E-state index contributed by atoms with van der Waals surface area (Å²) in [6.07, 6.45) is 3.98. The number of halogens is 1. The van der Waals surface area contributed by atoms with Gasteiger partial charge in [-0.2, -0.15) is 0 Å². The van der Waals surface area contributed by atoms with Crippen molar-refractivity contribution in [2.75, 3.05) is 13.7 Å². The fraction of sp³-hybridized carbons (Fsp3) is 0.778. The number of hydrogen-bond acceptors (Lipinski definition) is 3. The quantitative estimate of drug-likeness (QED) is 0.582. The van der Waals surface area contributed by atoms with E-state index < -0.39 is 0 Å². The lowest BCUT2D eigenvalue weighted by Crippen LogP contribution is -2.01. The van der Waals surface area contributed by atoms with Crippen LogP contribution in [-0.2, 0) is 11.3 Å². The highest BCUT2D eigenvalue weighted by Crippen LogP contribution is 2.23. The highest BCUT2D eigenvalue weighted by Gasteiger charge is 2.08. The number of ether oxygens (including phenoxy) is 1. The molecule has 1 heterocycles. The van der Waals surface area contributed by atoms with Crippen LogP contribution in [0.25, 0.3) is 0 Å². The number of aromatic nitrogens is 3. The first-order chi connectivity index (χ1) is 6.77. The third-order valence-corrected chi connectivity index (χ3v) is 3.09. The first-order valence-electron chi connectivity index (χ1n) is 4.81. The molecule has 0 saturated heterocycles. The van der Waals surface area contributed by atoms with Gasteiger partial charge in [-0.15, -0.1) is 5.10 Å². The predicted molar refractivity (Wildman–Crippen MR) is 58.5 cm³/mol. The van der Waals surface area contributed by atoms with E-state index in [0.717, 1.165) is 31.7 Å². The van der Waals surface area contributed by atoms with Crippen LogP contribution in [0.4, 0.5) is 0 Å². The zero-order valence-electron chi connectivity index (χ0n) is 8.61. The summed E-state index contributed by atoms with van der Waals surface area (Å²) in [7, 11) is 1.71. The van der Waals surface area contributed by atoms with Gasteiger partial charge in [0.05, 0.1) is 10.5 Å². The molecule has 14 heavy (non-hydrogen) atoms. The summed E-state index contributed by atoms with van der Waals surface area (Å²) in [5.74, 6) is 0. The van der Waals surface area contributed by atoms with Crippen molar-refractivity contribution >= 4 is 15.9 Å². The number of aryl methyl sites for hydroxylation is 1. The normalized spacial score (nSPS) is 13.1. The first kappa shape index (κ1) is 11.7. The summed E-state index contributed by atoms with van der Waals surface area (Å²) in [6, 6.07) is 0. The Morgan fingerprint density at radius 2 is 2.43 bits per heavy atom. The molecule has 0 spiro atoms. The van der Waals surface area contributed by atoms with Gasteiger partial charge in [0, 0.05) is 26.5 Å². The zero-order valence-corrected chi connectivity index (χ0v) is 10.2. The van der Waals surface area contributed by atoms with Crippen molar-refractivity contribution in [3.63, 3.8) is 0 Å². The molecule has 0 aliphatic carbocycles. The molecule has 0 radical (unpaired) electrons. The van der Waals surface area contributed by atoms with E-state index in [-0.39, 0.29) is 0 Å². The van der Waals surface area contributed by atoms with E-state index in [1.165, 1.54) is 0 Å². The van der Waals surface area contributed by atoms with E-state index in [2.05, 4.69) is 33.2 Å². The molecule has 0 fully saturated rings. The van der Waals surface area contributed by atoms with Crippen molar-refractivity contribution in [1.82, 2.24) is 15.0 Å². The maximum atomic E-state index is 4.97. The summed E-state index contributed by atoms with van der Waals surface area (Å²) >= 11 is 3.54. The minimum atomic E-state index is 0.318. The largest absolute Gasteiger partial charge is 0.385 e. The molecule has 0 aromatic carbocycles. The van der Waals surface area contributed by atoms with Crippen LogP contribution in [0.5, 0.6) is 0 Å². The second kappa shape index (κ2) is 6.14. The van der Waals surface area contributed by atoms with Crippen molar-refractivity contribution in [3.05, 3.63) is 11.9 Å². The molecule has 5 heteroatoms. The average Bonchev–Trinajstić information content (AvgIpc) is 2.66. The van der Waals surface area contributed by atoms with Gasteiger partial charge in [-0.05, 0) is 12.8 Å². The van der Waals surface area contributed by atoms with Crippen molar-refractivity contribution in [2.45, 2.75) is 31.1 Å². The van der Waals surface area contributed by atoms with Crippen molar-refractivity contribution < 1.29 is 4.74 Å². The van der Waals surface area contributed by atoms with Gasteiger partial charge in [0.15, 0.2) is 0 Å². The summed E-state index contributed by atoms with van der Waals surface area (Å²) < 4.78 is 6.83. The molecule has 1 unspecified atom stereocenters. The standard InChI is InChI=1S/C9H16BrN3O/c1-3-8(10)9-7-13(12-11-9)5-4-6-14-2/h7-8H,3-6H2,1-2H3. The summed E-state index contributed by atoms with van der Waals surface area (Å²) in [6.45, 7) is 3.74. The predicted octanol–water partition coefficient (Wildman–Crippen LogP) is 2.16. The van der Waals surface area contributed by atoms with E-state index in [1.807, 2.05) is 10.9 Å². The van der Waals surface area contributed by atoms with Gasteiger partial charge in [-0.1, -0.05) is 28.1 Å². The molecule has 0 bridgehead atoms. The van der Waals surface area contributed by atoms with E-state index in [1.54, 1.807) is 7.11 Å². The SMILES string of the molecule is CCC(Br)c1cn(CCCOC)nn1. The molecular formula is C9H16BrN3O. The molecule has 0 N–H and O–H groups in total. The van der Waals surface area contributed by atoms with Crippen molar-refractivity contribution in [2.24, 2.45) is 0 Å². The number of hydrogen-bond donors (Lipinski definition) is 0. The molecule has 0 aliphatic heterocycles. The number of rotatable bonds is 6. The first-order valence-corrected chi connectivity index (χ1v) is 5.72. The second-order valence-corrected chi connectivity index (χ2v) is 4.23. The van der Waals surface area contributed by atoms with Crippen LogP contribution in [-0.4, -0.2) is 28.7 Å². The van der Waals surface area contributed by atoms with Crippen molar-refractivity contribution in [1.29, 1.82) is 0 Å². The van der Waals surface area contributed by atoms with Crippen LogP contribution in [0.3, 0.4) is 0 Å². The Balaban J connectivity index is 2.42. The summed E-state index contributed by atoms with van der Waals surface area (Å²) in [5.41, 5.74) is 1.00. The van der Waals surface area contributed by atoms with Crippen LogP contribution in [0.1, 0.15) is 30.3 Å². The molecule has 4 nitrogen and oxygen atoms in total. The smallest absolute Gasteiger partial charge is 0.0963 e. The number of nitrogens with zero attached hydrogens (tertiary/aromatic N) is 3. The second-order valence-electron chi connectivity index (χ2n) is 3.13. The Hall–Kier alpha value is -0.420. The van der Waals surface area contributed by atoms with E-state index >= 15 is 0 Å². The number of alkyl halides is 1. The third-order valence-electron chi connectivity index (χ3n) is 1.97. The highest BCUT2D eigenvalue weighted by molar-refractivity contribution is 9.09. The zero-order chi connectivity index (χ0) is 10.4. The summed E-state index contributed by atoms with van der Waals surface area (Å²) in [4.78, 5) is 0.318. The lowest BCUT2D eigenvalue weighted by atomic mass is 10.3. The maximum Gasteiger partial charge on any atom is 0.0963 e. The molecule has 80 valence electrons. The molecule has 0 saturated carbocycles. The molecule has 1 aromatic rings. The third kappa shape index (κ3) is 3.38. The van der Waals surface area contributed by atoms with Gasteiger partial charge in [0.25, 0.3) is 0 Å². The van der Waals surface area contributed by atoms with Gasteiger partial charge in [-0.25, -0.2) is 0 Å². The number of methoxy groups -OCH3 is 1. The van der Waals surface area contributed by atoms with Gasteiger partial charge in [-0.3, -0.25) is 4.68 Å². The van der Waals surface area contributed by atoms with Gasteiger partial charge in [0.2, 0.25) is 0 Å². The lowest BCUT2D eigenvalue weighted by molar-refractivity contribution is 0.188. The monoisotopic (exact) mass is 261 g/mol. The minimum Gasteiger partial charge on any atom is -0.385 e. The van der Waals surface area contributed by atoms with Crippen molar-refractivity contribution in [3.8, 4) is 0 Å². The van der Waals surface area contributed by atoms with Gasteiger partial charge in [0.1, 0.15) is 0 Å². The topological polar surface area (TPSA) is 39.9 Å². The minimum absolute atomic E-state index is 0.318. The molecule has 1 atom stereocenters. The van der Waals surface area contributed by atoms with Crippen LogP contribution in [0, 0.1) is 0 Å². The van der Waals surface area contributed by atoms with E-state index in [0.29, 0.717) is 4.83 Å². The Morgan fingerprint density at radius 1 is 1.64 bits per heavy atom. The molecular weight excluding hydrogens is 246 g/mol. The van der Waals surface area contributed by atoms with Crippen LogP contribution in [0.2, 0.25) is 0 Å². The highest BCUT2D eigenvalue weighted by atomic mass is 79.9. The van der Waals surface area contributed by atoms with Crippen LogP contribution >= 0.6 is 15.9 Å². The molecule has 1 rings (SSSR count). The van der Waals surface area contributed by atoms with Gasteiger partial charge >= 0.3 is 0 Å².